The minimum Gasteiger partial charge on any atom is -0.507 e. The fraction of sp³-hybridized carbons (Fsp3) is 0.350. The minimum absolute atomic E-state index is 0.00402. The van der Waals surface area contributed by atoms with Crippen molar-refractivity contribution in [2.24, 2.45) is 0 Å². The molecule has 142 valence electrons. The van der Waals surface area contributed by atoms with Gasteiger partial charge in [-0.15, -0.1) is 0 Å². The zero-order valence-electron chi connectivity index (χ0n) is 15.5. The molecule has 1 aromatic heterocycles. The van der Waals surface area contributed by atoms with Crippen molar-refractivity contribution in [2.45, 2.75) is 44.9 Å². The van der Waals surface area contributed by atoms with Crippen LogP contribution in [0.5, 0.6) is 5.75 Å². The Morgan fingerprint density at radius 2 is 2.00 bits per heavy atom. The molecule has 0 radical (unpaired) electrons. The molecule has 4 N–H and O–H groups in total. The molecule has 0 unspecified atom stereocenters. The highest BCUT2D eigenvalue weighted by Crippen LogP contribution is 2.22. The van der Waals surface area contributed by atoms with Crippen LogP contribution in [0.2, 0.25) is 0 Å². The number of aromatic nitrogens is 2. The molecule has 2 aromatic rings. The van der Waals surface area contributed by atoms with Gasteiger partial charge in [-0.2, -0.15) is 5.10 Å². The molecule has 1 aromatic carbocycles. The van der Waals surface area contributed by atoms with Crippen LogP contribution in [0.4, 0.5) is 0 Å². The normalized spacial score (nSPS) is 22.7. The molecule has 1 aliphatic heterocycles. The average molecular weight is 367 g/mol. The van der Waals surface area contributed by atoms with Gasteiger partial charge in [-0.1, -0.05) is 0 Å². The van der Waals surface area contributed by atoms with Crippen LogP contribution < -0.4 is 5.32 Å². The van der Waals surface area contributed by atoms with Gasteiger partial charge in [0.15, 0.2) is 0 Å². The minimum atomic E-state index is -0.00824. The summed E-state index contributed by atoms with van der Waals surface area (Å²) in [6, 6.07) is 7.53. The molecule has 7 heteroatoms. The van der Waals surface area contributed by atoms with Gasteiger partial charge in [-0.25, -0.2) is 4.68 Å². The van der Waals surface area contributed by atoms with Crippen LogP contribution in [-0.2, 0) is 4.74 Å². The van der Waals surface area contributed by atoms with E-state index in [0.29, 0.717) is 23.3 Å². The smallest absolute Gasteiger partial charge is 0.206 e. The van der Waals surface area contributed by atoms with Gasteiger partial charge in [-0.3, -0.25) is 5.41 Å². The molecule has 7 nitrogen and oxygen atoms in total. The van der Waals surface area contributed by atoms with Gasteiger partial charge < -0.3 is 20.6 Å². The largest absolute Gasteiger partial charge is 0.507 e. The lowest BCUT2D eigenvalue weighted by atomic mass is 9.98. The molecule has 0 saturated carbocycles. The van der Waals surface area contributed by atoms with Crippen LogP contribution in [0.3, 0.4) is 0 Å². The number of phenols is 1. The second kappa shape index (κ2) is 8.18. The first kappa shape index (κ1) is 18.8. The number of hydrogen-bond acceptors (Lipinski definition) is 6. The van der Waals surface area contributed by atoms with Gasteiger partial charge in [0.2, 0.25) is 5.90 Å². The molecule has 27 heavy (non-hydrogen) atoms. The van der Waals surface area contributed by atoms with Crippen LogP contribution >= 0.6 is 0 Å². The number of piperidine rings is 1. The molecule has 0 aliphatic carbocycles. The van der Waals surface area contributed by atoms with E-state index in [2.05, 4.69) is 24.3 Å². The zero-order chi connectivity index (χ0) is 19.4. The van der Waals surface area contributed by atoms with Crippen LogP contribution in [0.1, 0.15) is 32.3 Å². The van der Waals surface area contributed by atoms with E-state index in [4.69, 9.17) is 15.6 Å². The van der Waals surface area contributed by atoms with E-state index in [0.717, 1.165) is 12.8 Å². The van der Waals surface area contributed by atoms with Gasteiger partial charge in [0.25, 0.3) is 0 Å². The highest BCUT2D eigenvalue weighted by atomic mass is 16.5. The topological polar surface area (TPSA) is 107 Å². The number of benzene rings is 1. The first-order valence-corrected chi connectivity index (χ1v) is 9.03. The van der Waals surface area contributed by atoms with Crippen LogP contribution in [0.15, 0.2) is 48.8 Å². The lowest BCUT2D eigenvalue weighted by molar-refractivity contribution is 0.113. The second-order valence-corrected chi connectivity index (χ2v) is 6.94. The third-order valence-corrected chi connectivity index (χ3v) is 4.54. The first-order valence-electron chi connectivity index (χ1n) is 9.03. The summed E-state index contributed by atoms with van der Waals surface area (Å²) in [5, 5.41) is 33.9. The number of phenolic OH excluding ortho intramolecular Hbond substituents is 1. The number of allylic oxidation sites excluding steroid dienone is 1. The molecule has 1 saturated heterocycles. The van der Waals surface area contributed by atoms with E-state index < -0.39 is 0 Å². The standard InChI is InChI=1S/C20H25N5O2/c1-13-10-16(11-14(2)24-13)27-20(22)7-6-18(21)17-5-4-15(12-19(17)26)25-9-3-8-23-25/h3-9,12-14,16,21-22,24,26H,10-11H2,1-2H3/b7-6-,21-18?,22-20?/t13-,14+,16+. The molecule has 0 bridgehead atoms. The fourth-order valence-electron chi connectivity index (χ4n) is 3.38. The number of ether oxygens (including phenoxy) is 1. The molecular weight excluding hydrogens is 342 g/mol. The Hall–Kier alpha value is -2.93. The van der Waals surface area contributed by atoms with Gasteiger partial charge in [0.05, 0.1) is 11.4 Å². The molecule has 0 amide bonds. The predicted molar refractivity (Wildman–Crippen MR) is 105 cm³/mol. The summed E-state index contributed by atoms with van der Waals surface area (Å²) >= 11 is 0. The number of rotatable bonds is 5. The van der Waals surface area contributed by atoms with E-state index in [1.807, 2.05) is 0 Å². The van der Waals surface area contributed by atoms with E-state index in [-0.39, 0.29) is 23.5 Å². The van der Waals surface area contributed by atoms with Gasteiger partial charge in [-0.05, 0) is 51.0 Å². The third kappa shape index (κ3) is 4.83. The van der Waals surface area contributed by atoms with E-state index >= 15 is 0 Å². The van der Waals surface area contributed by atoms with Gasteiger partial charge in [0, 0.05) is 42.2 Å². The lowest BCUT2D eigenvalue weighted by Crippen LogP contribution is -2.45. The van der Waals surface area contributed by atoms with Gasteiger partial charge in [0.1, 0.15) is 11.9 Å². The Bertz CT molecular complexity index is 834. The molecular formula is C20H25N5O2. The Morgan fingerprint density at radius 1 is 1.26 bits per heavy atom. The van der Waals surface area contributed by atoms with E-state index in [9.17, 15) is 5.11 Å². The summed E-state index contributed by atoms with van der Waals surface area (Å²) in [4.78, 5) is 0. The Labute approximate surface area is 158 Å². The Kier molecular flexibility index (Phi) is 5.71. The van der Waals surface area contributed by atoms with Crippen LogP contribution in [0, 0.1) is 10.8 Å². The number of hydrogen-bond donors (Lipinski definition) is 4. The number of nitrogens with one attached hydrogen (secondary N) is 3. The van der Waals surface area contributed by atoms with Crippen molar-refractivity contribution in [1.29, 1.82) is 10.8 Å². The maximum atomic E-state index is 10.2. The SMILES string of the molecule is C[C@@H]1C[C@H](OC(=N)/C=C\C(=N)c2ccc(-n3cccn3)cc2O)C[C@H](C)N1. The van der Waals surface area contributed by atoms with Crippen molar-refractivity contribution >= 4 is 11.6 Å². The molecule has 1 fully saturated rings. The number of nitrogens with zero attached hydrogens (tertiary/aromatic N) is 2. The molecule has 3 atom stereocenters. The quantitative estimate of drug-likeness (QED) is 0.481. The van der Waals surface area contributed by atoms with Crippen molar-refractivity contribution in [3.05, 3.63) is 54.4 Å². The van der Waals surface area contributed by atoms with Crippen LogP contribution in [0.25, 0.3) is 5.69 Å². The van der Waals surface area contributed by atoms with Crippen molar-refractivity contribution in [2.75, 3.05) is 0 Å². The summed E-state index contributed by atoms with van der Waals surface area (Å²) in [7, 11) is 0. The summed E-state index contributed by atoms with van der Waals surface area (Å²) in [6.45, 7) is 4.22. The zero-order valence-corrected chi connectivity index (χ0v) is 15.5. The van der Waals surface area contributed by atoms with Crippen molar-refractivity contribution in [3.8, 4) is 11.4 Å². The third-order valence-electron chi connectivity index (χ3n) is 4.54. The summed E-state index contributed by atoms with van der Waals surface area (Å²) < 4.78 is 7.33. The highest BCUT2D eigenvalue weighted by Gasteiger charge is 2.24. The van der Waals surface area contributed by atoms with Crippen molar-refractivity contribution < 1.29 is 9.84 Å². The molecule has 1 aliphatic rings. The maximum Gasteiger partial charge on any atom is 0.206 e. The van der Waals surface area contributed by atoms with E-state index in [1.54, 1.807) is 41.3 Å². The molecule has 0 spiro atoms. The Balaban J connectivity index is 1.61. The molecule has 3 rings (SSSR count). The van der Waals surface area contributed by atoms with Crippen molar-refractivity contribution in [3.63, 3.8) is 0 Å². The number of aromatic hydroxyl groups is 1. The van der Waals surface area contributed by atoms with Crippen molar-refractivity contribution in [1.82, 2.24) is 15.1 Å². The second-order valence-electron chi connectivity index (χ2n) is 6.94. The molecule has 2 heterocycles. The summed E-state index contributed by atoms with van der Waals surface area (Å²) in [5.41, 5.74) is 1.21. The van der Waals surface area contributed by atoms with E-state index in [1.165, 1.54) is 12.2 Å². The average Bonchev–Trinajstić information content (AvgIpc) is 3.13. The van der Waals surface area contributed by atoms with Gasteiger partial charge >= 0.3 is 0 Å². The summed E-state index contributed by atoms with van der Waals surface area (Å²) in [5.74, 6) is 0.0183. The first-order chi connectivity index (χ1) is 12.9. The maximum absolute atomic E-state index is 10.2. The van der Waals surface area contributed by atoms with Crippen LogP contribution in [-0.4, -0.2) is 44.7 Å². The fourth-order valence-corrected chi connectivity index (χ4v) is 3.38. The monoisotopic (exact) mass is 367 g/mol. The Morgan fingerprint density at radius 3 is 2.63 bits per heavy atom. The summed E-state index contributed by atoms with van der Waals surface area (Å²) in [6.07, 6.45) is 8.08. The lowest BCUT2D eigenvalue weighted by Gasteiger charge is -2.32. The highest BCUT2D eigenvalue weighted by molar-refractivity contribution is 6.10. The predicted octanol–water partition coefficient (Wildman–Crippen LogP) is 3.02.